The number of benzene rings is 2. The Hall–Kier alpha value is -3.37. The molecule has 0 heterocycles. The first-order chi connectivity index (χ1) is 17.7. The third-order valence-corrected chi connectivity index (χ3v) is 6.40. The number of alkyl halides is 3. The highest BCUT2D eigenvalue weighted by Crippen LogP contribution is 2.32. The number of nitrogens with two attached hydrogens (primary N) is 1. The summed E-state index contributed by atoms with van der Waals surface area (Å²) in [6.45, 7) is 2.75. The van der Waals surface area contributed by atoms with Gasteiger partial charge in [0.15, 0.2) is 0 Å². The number of aryl methyl sites for hydroxylation is 1. The summed E-state index contributed by atoms with van der Waals surface area (Å²) in [6, 6.07) is 12.5. The van der Waals surface area contributed by atoms with Gasteiger partial charge < -0.3 is 16.2 Å². The van der Waals surface area contributed by atoms with Crippen LogP contribution in [0.4, 0.5) is 23.7 Å². The molecule has 0 bridgehead atoms. The minimum Gasteiger partial charge on any atom is -0.400 e. The quantitative estimate of drug-likeness (QED) is 0.267. The van der Waals surface area contributed by atoms with E-state index in [1.165, 1.54) is 24.3 Å². The molecule has 5 N–H and O–H groups in total. The van der Waals surface area contributed by atoms with Gasteiger partial charge in [-0.25, -0.2) is 4.79 Å². The molecule has 38 heavy (non-hydrogen) atoms. The number of carbonyl (C=O) groups is 1. The molecule has 1 atom stereocenters. The standard InChI is InChI=1S/C27H31ClF3N5O2/c1-17-4-3-5-20(14-17)35-23-15-26(2,38)11-10-21(23)22(32)16-34-25(37)36(13-12-27(29,30)31)24(33)18-6-8-19(28)9-7-18/h3-9,14,33,38H,10-13,15-16,32H2,1-2H3,(H,34,37)/b22-21-,33-24?,35-23?. The van der Waals surface area contributed by atoms with E-state index in [9.17, 15) is 23.1 Å². The Morgan fingerprint density at radius 2 is 1.95 bits per heavy atom. The maximum atomic E-state index is 13.0. The summed E-state index contributed by atoms with van der Waals surface area (Å²) in [6.07, 6.45) is -4.69. The van der Waals surface area contributed by atoms with E-state index >= 15 is 0 Å². The van der Waals surface area contributed by atoms with Crippen LogP contribution in [-0.2, 0) is 0 Å². The molecule has 3 rings (SSSR count). The van der Waals surface area contributed by atoms with Gasteiger partial charge in [0.25, 0.3) is 0 Å². The number of rotatable bonds is 6. The van der Waals surface area contributed by atoms with Crippen LogP contribution in [-0.4, -0.2) is 52.5 Å². The normalized spacial score (nSPS) is 20.2. The first-order valence-electron chi connectivity index (χ1n) is 12.1. The second-order valence-corrected chi connectivity index (χ2v) is 10.0. The van der Waals surface area contributed by atoms with Crippen LogP contribution >= 0.6 is 11.6 Å². The largest absolute Gasteiger partial charge is 0.400 e. The van der Waals surface area contributed by atoms with E-state index in [2.05, 4.69) is 5.32 Å². The first-order valence-corrected chi connectivity index (χ1v) is 12.4. The van der Waals surface area contributed by atoms with Crippen LogP contribution in [0, 0.1) is 12.3 Å². The number of hydrogen-bond donors (Lipinski definition) is 4. The highest BCUT2D eigenvalue weighted by Gasteiger charge is 2.33. The molecule has 1 saturated carbocycles. The number of aliphatic imine (C=N–C) groups is 1. The summed E-state index contributed by atoms with van der Waals surface area (Å²) in [5.41, 5.74) is 8.86. The molecule has 2 amide bonds. The number of amidine groups is 1. The Labute approximate surface area is 224 Å². The monoisotopic (exact) mass is 549 g/mol. The number of amides is 2. The van der Waals surface area contributed by atoms with Crippen LogP contribution in [0.25, 0.3) is 0 Å². The van der Waals surface area contributed by atoms with Crippen molar-refractivity contribution in [3.8, 4) is 0 Å². The van der Waals surface area contributed by atoms with Gasteiger partial charge in [0.1, 0.15) is 5.84 Å². The van der Waals surface area contributed by atoms with Crippen LogP contribution in [0.1, 0.15) is 43.7 Å². The van der Waals surface area contributed by atoms with Crippen molar-refractivity contribution in [3.05, 3.63) is 76.0 Å². The second kappa shape index (κ2) is 12.0. The molecule has 1 aliphatic rings. The molecule has 7 nitrogen and oxygen atoms in total. The lowest BCUT2D eigenvalue weighted by molar-refractivity contribution is -0.135. The number of hydrogen-bond acceptors (Lipinski definition) is 5. The lowest BCUT2D eigenvalue weighted by Crippen LogP contribution is -2.46. The predicted octanol–water partition coefficient (Wildman–Crippen LogP) is 5.86. The van der Waals surface area contributed by atoms with Crippen LogP contribution in [0.2, 0.25) is 5.02 Å². The molecule has 1 aliphatic carbocycles. The van der Waals surface area contributed by atoms with E-state index in [1.54, 1.807) is 6.92 Å². The van der Waals surface area contributed by atoms with Crippen molar-refractivity contribution >= 4 is 34.9 Å². The average Bonchev–Trinajstić information content (AvgIpc) is 2.82. The highest BCUT2D eigenvalue weighted by atomic mass is 35.5. The van der Waals surface area contributed by atoms with Gasteiger partial charge in [-0.05, 0) is 74.2 Å². The Morgan fingerprint density at radius 3 is 2.58 bits per heavy atom. The molecule has 0 aliphatic heterocycles. The molecule has 0 radical (unpaired) electrons. The summed E-state index contributed by atoms with van der Waals surface area (Å²) in [4.78, 5) is 18.4. The smallest absolute Gasteiger partial charge is 0.390 e. The maximum Gasteiger partial charge on any atom is 0.390 e. The summed E-state index contributed by atoms with van der Waals surface area (Å²) in [5, 5.41) is 21.9. The molecular weight excluding hydrogens is 519 g/mol. The van der Waals surface area contributed by atoms with Gasteiger partial charge in [0.05, 0.1) is 24.3 Å². The topological polar surface area (TPSA) is 115 Å². The fraction of sp³-hybridized carbons (Fsp3) is 0.370. The summed E-state index contributed by atoms with van der Waals surface area (Å²) >= 11 is 5.87. The van der Waals surface area contributed by atoms with Gasteiger partial charge in [0.2, 0.25) is 0 Å². The van der Waals surface area contributed by atoms with Crippen molar-refractivity contribution < 1.29 is 23.1 Å². The van der Waals surface area contributed by atoms with E-state index in [0.29, 0.717) is 34.8 Å². The number of halogens is 4. The van der Waals surface area contributed by atoms with Gasteiger partial charge in [-0.2, -0.15) is 13.2 Å². The SMILES string of the molecule is Cc1cccc(N=C2CC(C)(O)CC/C2=C(/N)CNC(=O)N(CCC(F)(F)F)C(=N)c2ccc(Cl)cc2)c1. The van der Waals surface area contributed by atoms with E-state index < -0.39 is 36.6 Å². The first kappa shape index (κ1) is 29.2. The number of nitrogens with one attached hydrogen (secondary N) is 2. The number of allylic oxidation sites excluding steroid dienone is 1. The van der Waals surface area contributed by atoms with E-state index in [1.807, 2.05) is 31.2 Å². The Balaban J connectivity index is 1.82. The van der Waals surface area contributed by atoms with Gasteiger partial charge in [-0.15, -0.1) is 0 Å². The average molecular weight is 550 g/mol. The zero-order valence-electron chi connectivity index (χ0n) is 21.2. The highest BCUT2D eigenvalue weighted by molar-refractivity contribution is 6.30. The van der Waals surface area contributed by atoms with Crippen molar-refractivity contribution in [2.24, 2.45) is 10.7 Å². The molecule has 11 heteroatoms. The Morgan fingerprint density at radius 1 is 1.26 bits per heavy atom. The predicted molar refractivity (Wildman–Crippen MR) is 143 cm³/mol. The zero-order chi connectivity index (χ0) is 28.1. The summed E-state index contributed by atoms with van der Waals surface area (Å²) < 4.78 is 38.9. The van der Waals surface area contributed by atoms with E-state index in [4.69, 9.17) is 27.7 Å². The van der Waals surface area contributed by atoms with Crippen molar-refractivity contribution in [1.29, 1.82) is 5.41 Å². The van der Waals surface area contributed by atoms with E-state index in [-0.39, 0.29) is 24.2 Å². The molecule has 0 aromatic heterocycles. The number of nitrogens with zero attached hydrogens (tertiary/aromatic N) is 2. The molecular formula is C27H31ClF3N5O2. The fourth-order valence-corrected chi connectivity index (χ4v) is 4.22. The van der Waals surface area contributed by atoms with Gasteiger partial charge in [-0.3, -0.25) is 15.3 Å². The third-order valence-electron chi connectivity index (χ3n) is 6.15. The van der Waals surface area contributed by atoms with Crippen LogP contribution in [0.5, 0.6) is 0 Å². The van der Waals surface area contributed by atoms with Crippen LogP contribution in [0.15, 0.2) is 64.8 Å². The van der Waals surface area contributed by atoms with Gasteiger partial charge in [-0.1, -0.05) is 23.7 Å². The number of urea groups is 1. The van der Waals surface area contributed by atoms with E-state index in [0.717, 1.165) is 10.5 Å². The molecule has 1 fully saturated rings. The Bertz CT molecular complexity index is 1240. The van der Waals surface area contributed by atoms with Crippen molar-refractivity contribution in [2.45, 2.75) is 51.3 Å². The third kappa shape index (κ3) is 8.32. The number of carbonyl (C=O) groups excluding carboxylic acids is 1. The lowest BCUT2D eigenvalue weighted by Gasteiger charge is -2.32. The van der Waals surface area contributed by atoms with Crippen LogP contribution < -0.4 is 11.1 Å². The number of aliphatic hydroxyl groups is 1. The van der Waals surface area contributed by atoms with Crippen molar-refractivity contribution in [2.75, 3.05) is 13.1 Å². The van der Waals surface area contributed by atoms with Crippen LogP contribution in [0.3, 0.4) is 0 Å². The molecule has 0 spiro atoms. The van der Waals surface area contributed by atoms with Gasteiger partial charge >= 0.3 is 12.2 Å². The fourth-order valence-electron chi connectivity index (χ4n) is 4.09. The second-order valence-electron chi connectivity index (χ2n) is 9.61. The molecule has 2 aromatic carbocycles. The van der Waals surface area contributed by atoms with Gasteiger partial charge in [0, 0.05) is 35.0 Å². The van der Waals surface area contributed by atoms with Crippen molar-refractivity contribution in [3.63, 3.8) is 0 Å². The summed E-state index contributed by atoms with van der Waals surface area (Å²) in [7, 11) is 0. The molecule has 204 valence electrons. The minimum atomic E-state index is -4.51. The lowest BCUT2D eigenvalue weighted by atomic mass is 9.81. The van der Waals surface area contributed by atoms with Crippen molar-refractivity contribution in [1.82, 2.24) is 10.2 Å². The maximum absolute atomic E-state index is 13.0. The Kier molecular flexibility index (Phi) is 9.22. The minimum absolute atomic E-state index is 0.167. The molecule has 0 saturated heterocycles. The molecule has 2 aromatic rings. The zero-order valence-corrected chi connectivity index (χ0v) is 22.0. The molecule has 1 unspecified atom stereocenters. The summed E-state index contributed by atoms with van der Waals surface area (Å²) in [5.74, 6) is -0.398.